The van der Waals surface area contributed by atoms with E-state index in [2.05, 4.69) is 24.8 Å². The zero-order valence-electron chi connectivity index (χ0n) is 13.2. The van der Waals surface area contributed by atoms with Crippen molar-refractivity contribution < 1.29 is 8.78 Å². The quantitative estimate of drug-likeness (QED) is 0.693. The summed E-state index contributed by atoms with van der Waals surface area (Å²) in [7, 11) is 0. The molecular weight excluding hydrogens is 268 g/mol. The fourth-order valence-corrected chi connectivity index (χ4v) is 3.16. The Bertz CT molecular complexity index is 506. The molecule has 0 saturated heterocycles. The lowest BCUT2D eigenvalue weighted by Gasteiger charge is -2.34. The number of hydrogen-bond acceptors (Lipinski definition) is 1. The van der Waals surface area contributed by atoms with E-state index >= 15 is 0 Å². The van der Waals surface area contributed by atoms with E-state index in [0.29, 0.717) is 18.4 Å². The first-order valence-electron chi connectivity index (χ1n) is 7.89. The van der Waals surface area contributed by atoms with Crippen molar-refractivity contribution in [3.8, 4) is 0 Å². The smallest absolute Gasteiger partial charge is 0.126 e. The molecule has 0 amide bonds. The summed E-state index contributed by atoms with van der Waals surface area (Å²) in [6, 6.07) is 5.49. The summed E-state index contributed by atoms with van der Waals surface area (Å²) in [5.41, 5.74) is 3.06. The van der Waals surface area contributed by atoms with Crippen molar-refractivity contribution in [2.24, 2.45) is 0 Å². The molecule has 3 heteroatoms. The van der Waals surface area contributed by atoms with Crippen molar-refractivity contribution in [2.75, 3.05) is 13.1 Å². The molecule has 0 aliphatic heterocycles. The molecule has 2 unspecified atom stereocenters. The van der Waals surface area contributed by atoms with Crippen LogP contribution in [-0.4, -0.2) is 24.2 Å². The maximum Gasteiger partial charge on any atom is 0.126 e. The number of aryl methyl sites for hydroxylation is 1. The number of halogens is 2. The van der Waals surface area contributed by atoms with Crippen molar-refractivity contribution in [3.05, 3.63) is 46.8 Å². The molecule has 1 nitrogen and oxygen atoms in total. The number of nitrogens with zero attached hydrogens (tertiary/aromatic N) is 1. The van der Waals surface area contributed by atoms with Gasteiger partial charge in [0, 0.05) is 0 Å². The van der Waals surface area contributed by atoms with E-state index in [-0.39, 0.29) is 11.9 Å². The molecule has 0 bridgehead atoms. The third-order valence-corrected chi connectivity index (χ3v) is 4.41. The topological polar surface area (TPSA) is 3.24 Å². The summed E-state index contributed by atoms with van der Waals surface area (Å²) < 4.78 is 26.9. The fourth-order valence-electron chi connectivity index (χ4n) is 3.16. The summed E-state index contributed by atoms with van der Waals surface area (Å²) in [6.07, 6.45) is 3.24. The minimum Gasteiger partial charge on any atom is -0.293 e. The molecule has 0 fully saturated rings. The Balaban J connectivity index is 2.38. The van der Waals surface area contributed by atoms with Crippen LogP contribution in [0.15, 0.2) is 29.8 Å². The Morgan fingerprint density at radius 1 is 1.29 bits per heavy atom. The summed E-state index contributed by atoms with van der Waals surface area (Å²) >= 11 is 0. The molecule has 0 spiro atoms. The molecule has 0 saturated carbocycles. The first kappa shape index (κ1) is 16.2. The highest BCUT2D eigenvalue weighted by Crippen LogP contribution is 2.35. The predicted molar refractivity (Wildman–Crippen MR) is 83.6 cm³/mol. The van der Waals surface area contributed by atoms with E-state index < -0.39 is 6.17 Å². The third kappa shape index (κ3) is 3.70. The molecule has 2 atom stereocenters. The second-order valence-corrected chi connectivity index (χ2v) is 5.78. The fraction of sp³-hybridized carbons (Fsp3) is 0.556. The number of hydrogen-bond donors (Lipinski definition) is 0. The van der Waals surface area contributed by atoms with Crippen LogP contribution in [0.25, 0.3) is 0 Å². The molecule has 1 aliphatic carbocycles. The van der Waals surface area contributed by atoms with E-state index in [1.165, 1.54) is 5.57 Å². The maximum absolute atomic E-state index is 13.5. The van der Waals surface area contributed by atoms with Crippen molar-refractivity contribution in [3.63, 3.8) is 0 Å². The molecule has 1 aromatic rings. The maximum atomic E-state index is 13.5. The van der Waals surface area contributed by atoms with Gasteiger partial charge in [-0.3, -0.25) is 4.90 Å². The zero-order chi connectivity index (χ0) is 15.4. The Morgan fingerprint density at radius 3 is 2.52 bits per heavy atom. The van der Waals surface area contributed by atoms with Crippen LogP contribution >= 0.6 is 0 Å². The monoisotopic (exact) mass is 293 g/mol. The van der Waals surface area contributed by atoms with Gasteiger partial charge in [0.2, 0.25) is 0 Å². The minimum atomic E-state index is -0.707. The number of likely N-dealkylation sites (N-methyl/N-ethyl adjacent to an activating group) is 1. The van der Waals surface area contributed by atoms with Gasteiger partial charge in [-0.2, -0.15) is 0 Å². The summed E-state index contributed by atoms with van der Waals surface area (Å²) in [6.45, 7) is 7.91. The Kier molecular flexibility index (Phi) is 5.51. The lowest BCUT2D eigenvalue weighted by Crippen LogP contribution is -2.31. The first-order chi connectivity index (χ1) is 10.1. The Hall–Kier alpha value is -1.22. The number of benzene rings is 1. The lowest BCUT2D eigenvalue weighted by atomic mass is 9.87. The summed E-state index contributed by atoms with van der Waals surface area (Å²) in [5, 5.41) is 0. The van der Waals surface area contributed by atoms with Crippen molar-refractivity contribution in [1.82, 2.24) is 4.90 Å². The van der Waals surface area contributed by atoms with Crippen LogP contribution in [0.5, 0.6) is 0 Å². The van der Waals surface area contributed by atoms with E-state index in [4.69, 9.17) is 0 Å². The van der Waals surface area contributed by atoms with E-state index in [1.807, 2.05) is 12.1 Å². The standard InChI is InChI=1S/C18H25F2N/c1-4-21(5-2)18(14-6-9-16(19)10-7-14)15-8-11-17(20)13(3)12-15/h6,8,11-12,16,18H,4-5,7,9-10H2,1-3H3. The Morgan fingerprint density at radius 2 is 2.00 bits per heavy atom. The molecule has 0 heterocycles. The predicted octanol–water partition coefficient (Wildman–Crippen LogP) is 4.97. The SMILES string of the molecule is CCN(CC)C(C1=CCC(F)CC1)c1ccc(F)c(C)c1. The Labute approximate surface area is 126 Å². The van der Waals surface area contributed by atoms with Crippen molar-refractivity contribution in [2.45, 2.75) is 52.2 Å². The average Bonchev–Trinajstić information content (AvgIpc) is 2.49. The van der Waals surface area contributed by atoms with Crippen LogP contribution in [0.3, 0.4) is 0 Å². The average molecular weight is 293 g/mol. The van der Waals surface area contributed by atoms with Gasteiger partial charge in [0.1, 0.15) is 12.0 Å². The van der Waals surface area contributed by atoms with Crippen LogP contribution in [-0.2, 0) is 0 Å². The highest BCUT2D eigenvalue weighted by molar-refractivity contribution is 5.33. The van der Waals surface area contributed by atoms with Gasteiger partial charge < -0.3 is 0 Å². The van der Waals surface area contributed by atoms with Gasteiger partial charge in [0.05, 0.1) is 6.04 Å². The van der Waals surface area contributed by atoms with Gasteiger partial charge >= 0.3 is 0 Å². The molecule has 1 aliphatic rings. The largest absolute Gasteiger partial charge is 0.293 e. The molecule has 0 radical (unpaired) electrons. The normalized spacial score (nSPS) is 20.5. The van der Waals surface area contributed by atoms with Crippen LogP contribution < -0.4 is 0 Å². The molecular formula is C18H25F2N. The zero-order valence-corrected chi connectivity index (χ0v) is 13.2. The van der Waals surface area contributed by atoms with Gasteiger partial charge in [-0.05, 0) is 56.5 Å². The third-order valence-electron chi connectivity index (χ3n) is 4.41. The lowest BCUT2D eigenvalue weighted by molar-refractivity contribution is 0.230. The van der Waals surface area contributed by atoms with E-state index in [1.54, 1.807) is 13.0 Å². The van der Waals surface area contributed by atoms with Gasteiger partial charge in [0.15, 0.2) is 0 Å². The summed E-state index contributed by atoms with van der Waals surface area (Å²) in [4.78, 5) is 2.36. The molecule has 116 valence electrons. The van der Waals surface area contributed by atoms with Crippen molar-refractivity contribution in [1.29, 1.82) is 0 Å². The van der Waals surface area contributed by atoms with Gasteiger partial charge in [0.25, 0.3) is 0 Å². The summed E-state index contributed by atoms with van der Waals surface area (Å²) in [5.74, 6) is -0.168. The molecule has 2 rings (SSSR count). The van der Waals surface area contributed by atoms with Gasteiger partial charge in [-0.25, -0.2) is 8.78 Å². The molecule has 0 aromatic heterocycles. The van der Waals surface area contributed by atoms with E-state index in [0.717, 1.165) is 25.1 Å². The number of allylic oxidation sites excluding steroid dienone is 1. The second-order valence-electron chi connectivity index (χ2n) is 5.78. The highest BCUT2D eigenvalue weighted by Gasteiger charge is 2.25. The van der Waals surface area contributed by atoms with Crippen molar-refractivity contribution >= 4 is 0 Å². The van der Waals surface area contributed by atoms with Crippen LogP contribution in [0.1, 0.15) is 50.3 Å². The second kappa shape index (κ2) is 7.17. The van der Waals surface area contributed by atoms with Crippen LogP contribution in [0.4, 0.5) is 8.78 Å². The number of alkyl halides is 1. The number of rotatable bonds is 5. The highest BCUT2D eigenvalue weighted by atomic mass is 19.1. The minimum absolute atomic E-state index is 0.145. The molecule has 21 heavy (non-hydrogen) atoms. The van der Waals surface area contributed by atoms with E-state index in [9.17, 15) is 8.78 Å². The molecule has 1 aromatic carbocycles. The van der Waals surface area contributed by atoms with Gasteiger partial charge in [-0.15, -0.1) is 0 Å². The first-order valence-corrected chi connectivity index (χ1v) is 7.89. The van der Waals surface area contributed by atoms with Crippen LogP contribution in [0.2, 0.25) is 0 Å². The van der Waals surface area contributed by atoms with Crippen LogP contribution in [0, 0.1) is 12.7 Å². The van der Waals surface area contributed by atoms with Gasteiger partial charge in [-0.1, -0.05) is 37.6 Å². The molecule has 0 N–H and O–H groups in total.